The highest BCUT2D eigenvalue weighted by atomic mass is 16.3. The molecule has 2 N–H and O–H groups in total. The highest BCUT2D eigenvalue weighted by Crippen LogP contribution is 2.26. The molecule has 0 spiro atoms. The molecule has 1 unspecified atom stereocenters. The molecule has 2 aromatic rings. The molecule has 4 heteroatoms. The van der Waals surface area contributed by atoms with Crippen molar-refractivity contribution < 1.29 is 5.11 Å². The fourth-order valence-corrected chi connectivity index (χ4v) is 2.98. The number of aryl methyl sites for hydroxylation is 1. The second kappa shape index (κ2) is 4.94. The van der Waals surface area contributed by atoms with Crippen LogP contribution in [0.5, 0.6) is 0 Å². The lowest BCUT2D eigenvalue weighted by molar-refractivity contribution is 0.0162. The summed E-state index contributed by atoms with van der Waals surface area (Å²) in [7, 11) is 0. The minimum absolute atomic E-state index is 0.632. The summed E-state index contributed by atoms with van der Waals surface area (Å²) in [5.41, 5.74) is 1.53. The molecule has 1 saturated heterocycles. The minimum Gasteiger partial charge on any atom is -0.388 e. The normalized spacial score (nSPS) is 23.9. The zero-order valence-electron chi connectivity index (χ0n) is 11.4. The van der Waals surface area contributed by atoms with E-state index in [9.17, 15) is 5.11 Å². The van der Waals surface area contributed by atoms with Gasteiger partial charge >= 0.3 is 0 Å². The van der Waals surface area contributed by atoms with E-state index in [0.717, 1.165) is 37.1 Å². The number of hydrogen-bond acceptors (Lipinski definition) is 3. The number of piperidine rings is 1. The molecule has 4 nitrogen and oxygen atoms in total. The van der Waals surface area contributed by atoms with E-state index >= 15 is 0 Å². The number of β-amino-alcohol motifs (C(OH)–C–C–N with tert-alkyl or cyclic N) is 1. The number of nitrogens with one attached hydrogen (secondary N) is 1. The van der Waals surface area contributed by atoms with Gasteiger partial charge < -0.3 is 10.4 Å². The summed E-state index contributed by atoms with van der Waals surface area (Å²) in [6, 6.07) is 8.27. The first-order chi connectivity index (χ1) is 9.22. The third kappa shape index (κ3) is 2.38. The lowest BCUT2D eigenvalue weighted by Crippen LogP contribution is -2.47. The fourth-order valence-electron chi connectivity index (χ4n) is 2.98. The van der Waals surface area contributed by atoms with Crippen molar-refractivity contribution in [3.05, 3.63) is 30.0 Å². The molecule has 1 aromatic carbocycles. The molecule has 19 heavy (non-hydrogen) atoms. The van der Waals surface area contributed by atoms with E-state index < -0.39 is 5.60 Å². The summed E-state index contributed by atoms with van der Waals surface area (Å²) in [5.74, 6) is 0. The van der Waals surface area contributed by atoms with Crippen molar-refractivity contribution in [2.75, 3.05) is 13.1 Å². The number of aliphatic hydroxyl groups is 1. The van der Waals surface area contributed by atoms with Crippen molar-refractivity contribution in [3.63, 3.8) is 0 Å². The molecule has 0 aliphatic carbocycles. The molecular formula is C15H21N3O. The van der Waals surface area contributed by atoms with Gasteiger partial charge in [0.05, 0.1) is 16.8 Å². The first kappa shape index (κ1) is 12.6. The van der Waals surface area contributed by atoms with Gasteiger partial charge in [-0.25, -0.2) is 0 Å². The van der Waals surface area contributed by atoms with Gasteiger partial charge in [-0.3, -0.25) is 4.68 Å². The number of nitrogens with zero attached hydrogens (tertiary/aromatic N) is 2. The van der Waals surface area contributed by atoms with E-state index in [2.05, 4.69) is 29.5 Å². The van der Waals surface area contributed by atoms with Crippen LogP contribution in [0.15, 0.2) is 24.3 Å². The molecule has 0 radical (unpaired) electrons. The molecular weight excluding hydrogens is 238 g/mol. The predicted molar refractivity (Wildman–Crippen MR) is 76.2 cm³/mol. The lowest BCUT2D eigenvalue weighted by Gasteiger charge is -2.32. The third-order valence-electron chi connectivity index (χ3n) is 3.98. The van der Waals surface area contributed by atoms with Gasteiger partial charge in [-0.15, -0.1) is 0 Å². The maximum absolute atomic E-state index is 10.7. The van der Waals surface area contributed by atoms with Gasteiger partial charge in [0.1, 0.15) is 0 Å². The van der Waals surface area contributed by atoms with Gasteiger partial charge in [0.25, 0.3) is 0 Å². The second-order valence-corrected chi connectivity index (χ2v) is 5.46. The van der Waals surface area contributed by atoms with E-state index in [-0.39, 0.29) is 0 Å². The highest BCUT2D eigenvalue weighted by molar-refractivity contribution is 5.82. The van der Waals surface area contributed by atoms with E-state index in [1.807, 2.05) is 16.8 Å². The second-order valence-electron chi connectivity index (χ2n) is 5.46. The third-order valence-corrected chi connectivity index (χ3v) is 3.98. The van der Waals surface area contributed by atoms with Crippen LogP contribution in [0.2, 0.25) is 0 Å². The summed E-state index contributed by atoms with van der Waals surface area (Å²) in [6.07, 6.45) is 2.52. The number of para-hydroxylation sites is 1. The number of fused-ring (bicyclic) bond motifs is 1. The molecule has 0 bridgehead atoms. The van der Waals surface area contributed by atoms with Gasteiger partial charge in [-0.2, -0.15) is 5.10 Å². The first-order valence-electron chi connectivity index (χ1n) is 7.09. The van der Waals surface area contributed by atoms with Crippen LogP contribution in [0.25, 0.3) is 10.9 Å². The van der Waals surface area contributed by atoms with Gasteiger partial charge in [0.2, 0.25) is 0 Å². The van der Waals surface area contributed by atoms with Gasteiger partial charge in [-0.05, 0) is 32.4 Å². The Morgan fingerprint density at radius 3 is 3.00 bits per heavy atom. The molecule has 0 saturated carbocycles. The summed E-state index contributed by atoms with van der Waals surface area (Å²) in [5, 5.41) is 19.8. The van der Waals surface area contributed by atoms with Crippen molar-refractivity contribution >= 4 is 10.9 Å². The molecule has 1 aliphatic rings. The zero-order valence-corrected chi connectivity index (χ0v) is 11.4. The minimum atomic E-state index is -0.645. The predicted octanol–water partition coefficient (Wildman–Crippen LogP) is 1.71. The van der Waals surface area contributed by atoms with E-state index in [1.165, 1.54) is 5.39 Å². The van der Waals surface area contributed by atoms with E-state index in [1.54, 1.807) is 0 Å². The quantitative estimate of drug-likeness (QED) is 0.882. The van der Waals surface area contributed by atoms with Crippen LogP contribution in [0.3, 0.4) is 0 Å². The Morgan fingerprint density at radius 2 is 2.26 bits per heavy atom. The average molecular weight is 259 g/mol. The Bertz CT molecular complexity index is 570. The molecule has 0 amide bonds. The Kier molecular flexibility index (Phi) is 3.29. The number of rotatable bonds is 3. The Hall–Kier alpha value is -1.39. The van der Waals surface area contributed by atoms with Crippen LogP contribution in [0, 0.1) is 0 Å². The maximum Gasteiger partial charge on any atom is 0.0828 e. The molecule has 3 rings (SSSR count). The van der Waals surface area contributed by atoms with Crippen molar-refractivity contribution in [2.45, 2.75) is 38.3 Å². The van der Waals surface area contributed by atoms with Crippen LogP contribution >= 0.6 is 0 Å². The summed E-state index contributed by atoms with van der Waals surface area (Å²) < 4.78 is 2.02. The van der Waals surface area contributed by atoms with Crippen molar-refractivity contribution in [1.29, 1.82) is 0 Å². The summed E-state index contributed by atoms with van der Waals surface area (Å²) >= 11 is 0. The molecule has 102 valence electrons. The smallest absolute Gasteiger partial charge is 0.0828 e. The van der Waals surface area contributed by atoms with Crippen LogP contribution in [-0.2, 0) is 13.0 Å². The summed E-state index contributed by atoms with van der Waals surface area (Å²) in [4.78, 5) is 0. The monoisotopic (exact) mass is 259 g/mol. The first-order valence-corrected chi connectivity index (χ1v) is 7.09. The van der Waals surface area contributed by atoms with Gasteiger partial charge in [-0.1, -0.05) is 18.2 Å². The van der Waals surface area contributed by atoms with Crippen molar-refractivity contribution in [1.82, 2.24) is 15.1 Å². The number of benzene rings is 1. The van der Waals surface area contributed by atoms with Crippen LogP contribution in [0.4, 0.5) is 0 Å². The maximum atomic E-state index is 10.7. The zero-order chi connectivity index (χ0) is 13.3. The van der Waals surface area contributed by atoms with E-state index in [0.29, 0.717) is 13.0 Å². The SMILES string of the molecule is CCn1nc(CC2(O)CCCNC2)c2ccccc21. The van der Waals surface area contributed by atoms with E-state index in [4.69, 9.17) is 0 Å². The van der Waals surface area contributed by atoms with Crippen LogP contribution in [-0.4, -0.2) is 33.6 Å². The topological polar surface area (TPSA) is 50.1 Å². The highest BCUT2D eigenvalue weighted by Gasteiger charge is 2.31. The molecule has 1 aliphatic heterocycles. The summed E-state index contributed by atoms with van der Waals surface area (Å²) in [6.45, 7) is 4.63. The molecule has 2 heterocycles. The Balaban J connectivity index is 1.96. The van der Waals surface area contributed by atoms with Crippen LogP contribution < -0.4 is 5.32 Å². The van der Waals surface area contributed by atoms with Gasteiger partial charge in [0, 0.05) is 24.9 Å². The van der Waals surface area contributed by atoms with Crippen LogP contribution in [0.1, 0.15) is 25.5 Å². The lowest BCUT2D eigenvalue weighted by atomic mass is 9.89. The molecule has 1 atom stereocenters. The largest absolute Gasteiger partial charge is 0.388 e. The van der Waals surface area contributed by atoms with Gasteiger partial charge in [0.15, 0.2) is 0 Å². The molecule has 1 fully saturated rings. The average Bonchev–Trinajstić information content (AvgIpc) is 2.77. The Labute approximate surface area is 113 Å². The molecule has 1 aromatic heterocycles. The Morgan fingerprint density at radius 1 is 1.42 bits per heavy atom. The standard InChI is InChI=1S/C15H21N3O/c1-2-18-14-7-4-3-6-12(14)13(17-18)10-15(19)8-5-9-16-11-15/h3-4,6-7,16,19H,2,5,8-11H2,1H3. The fraction of sp³-hybridized carbons (Fsp3) is 0.533. The number of hydrogen-bond donors (Lipinski definition) is 2. The van der Waals surface area contributed by atoms with Crippen molar-refractivity contribution in [2.24, 2.45) is 0 Å². The van der Waals surface area contributed by atoms with Crippen molar-refractivity contribution in [3.8, 4) is 0 Å². The number of aromatic nitrogens is 2.